The van der Waals surface area contributed by atoms with Crippen LogP contribution in [0.3, 0.4) is 0 Å². The molecule has 1 atom stereocenters. The Morgan fingerprint density at radius 2 is 1.74 bits per heavy atom. The molecule has 1 aliphatic rings. The highest BCUT2D eigenvalue weighted by molar-refractivity contribution is 7.12. The van der Waals surface area contributed by atoms with Crippen LogP contribution >= 0.6 is 11.3 Å². The SMILES string of the molecule is C[C@@H](Oc1ccc([N+](=O)[O-])cc1)C(=O)N1CCN(C(=O)c2cccs2)CC1. The molecule has 0 bridgehead atoms. The number of nitro groups is 1. The zero-order valence-corrected chi connectivity index (χ0v) is 15.6. The van der Waals surface area contributed by atoms with Crippen molar-refractivity contribution in [2.24, 2.45) is 0 Å². The largest absolute Gasteiger partial charge is 0.481 e. The summed E-state index contributed by atoms with van der Waals surface area (Å²) < 4.78 is 5.60. The first-order chi connectivity index (χ1) is 13.0. The Balaban J connectivity index is 1.52. The molecule has 0 aliphatic carbocycles. The van der Waals surface area contributed by atoms with Gasteiger partial charge in [0.25, 0.3) is 17.5 Å². The van der Waals surface area contributed by atoms with Gasteiger partial charge in [-0.05, 0) is 30.5 Å². The zero-order chi connectivity index (χ0) is 19.4. The molecule has 2 heterocycles. The van der Waals surface area contributed by atoms with Crippen molar-refractivity contribution in [1.82, 2.24) is 9.80 Å². The van der Waals surface area contributed by atoms with Gasteiger partial charge in [0.2, 0.25) is 0 Å². The summed E-state index contributed by atoms with van der Waals surface area (Å²) in [7, 11) is 0. The van der Waals surface area contributed by atoms with Crippen molar-refractivity contribution < 1.29 is 19.2 Å². The average Bonchev–Trinajstić information content (AvgIpc) is 3.22. The summed E-state index contributed by atoms with van der Waals surface area (Å²) in [5.41, 5.74) is -0.0344. The molecule has 1 saturated heterocycles. The lowest BCUT2D eigenvalue weighted by Crippen LogP contribution is -2.53. The van der Waals surface area contributed by atoms with E-state index in [4.69, 9.17) is 4.74 Å². The number of rotatable bonds is 5. The molecule has 142 valence electrons. The number of hydrogen-bond donors (Lipinski definition) is 0. The van der Waals surface area contributed by atoms with Crippen LogP contribution in [-0.4, -0.2) is 58.8 Å². The van der Waals surface area contributed by atoms with Gasteiger partial charge in [-0.25, -0.2) is 0 Å². The first kappa shape index (κ1) is 18.8. The number of nitro benzene ring substituents is 1. The third-order valence-corrected chi connectivity index (χ3v) is 5.18. The standard InChI is InChI=1S/C18H19N3O5S/c1-13(26-15-6-4-14(5-7-15)21(24)25)17(22)19-8-10-20(11-9-19)18(23)16-3-2-12-27-16/h2-7,12-13H,8-11H2,1H3/t13-/m1/s1. The van der Waals surface area contributed by atoms with Gasteiger partial charge in [0.15, 0.2) is 6.10 Å². The highest BCUT2D eigenvalue weighted by Gasteiger charge is 2.28. The second kappa shape index (κ2) is 8.17. The summed E-state index contributed by atoms with van der Waals surface area (Å²) in [6.07, 6.45) is -0.717. The Morgan fingerprint density at radius 3 is 2.30 bits per heavy atom. The van der Waals surface area contributed by atoms with Crippen LogP contribution in [-0.2, 0) is 4.79 Å². The predicted molar refractivity (Wildman–Crippen MR) is 100.0 cm³/mol. The maximum atomic E-state index is 12.6. The van der Waals surface area contributed by atoms with Crippen LogP contribution in [0.5, 0.6) is 5.75 Å². The van der Waals surface area contributed by atoms with Crippen molar-refractivity contribution in [2.75, 3.05) is 26.2 Å². The van der Waals surface area contributed by atoms with E-state index in [1.807, 2.05) is 11.4 Å². The Kier molecular flexibility index (Phi) is 5.70. The minimum Gasteiger partial charge on any atom is -0.481 e. The summed E-state index contributed by atoms with van der Waals surface area (Å²) >= 11 is 1.41. The van der Waals surface area contributed by atoms with Crippen LogP contribution in [0.1, 0.15) is 16.6 Å². The van der Waals surface area contributed by atoms with Gasteiger partial charge in [-0.2, -0.15) is 0 Å². The van der Waals surface area contributed by atoms with Crippen molar-refractivity contribution in [1.29, 1.82) is 0 Å². The second-order valence-electron chi connectivity index (χ2n) is 6.11. The Labute approximate surface area is 160 Å². The fraction of sp³-hybridized carbons (Fsp3) is 0.333. The quantitative estimate of drug-likeness (QED) is 0.578. The van der Waals surface area contributed by atoms with Gasteiger partial charge in [-0.3, -0.25) is 19.7 Å². The van der Waals surface area contributed by atoms with Crippen molar-refractivity contribution in [3.05, 3.63) is 56.8 Å². The summed E-state index contributed by atoms with van der Waals surface area (Å²) in [5, 5.41) is 12.5. The lowest BCUT2D eigenvalue weighted by Gasteiger charge is -2.35. The van der Waals surface area contributed by atoms with E-state index in [1.54, 1.807) is 22.8 Å². The van der Waals surface area contributed by atoms with E-state index in [-0.39, 0.29) is 17.5 Å². The zero-order valence-electron chi connectivity index (χ0n) is 14.7. The van der Waals surface area contributed by atoms with E-state index in [2.05, 4.69) is 0 Å². The van der Waals surface area contributed by atoms with E-state index < -0.39 is 11.0 Å². The molecule has 2 amide bonds. The molecule has 0 unspecified atom stereocenters. The fourth-order valence-electron chi connectivity index (χ4n) is 2.84. The molecule has 1 fully saturated rings. The van der Waals surface area contributed by atoms with Crippen molar-refractivity contribution >= 4 is 28.8 Å². The number of non-ortho nitro benzene ring substituents is 1. The molecule has 8 nitrogen and oxygen atoms in total. The van der Waals surface area contributed by atoms with E-state index in [0.29, 0.717) is 36.8 Å². The van der Waals surface area contributed by atoms with Gasteiger partial charge >= 0.3 is 0 Å². The van der Waals surface area contributed by atoms with Crippen molar-refractivity contribution in [3.63, 3.8) is 0 Å². The molecule has 9 heteroatoms. The van der Waals surface area contributed by atoms with Gasteiger partial charge in [-0.15, -0.1) is 11.3 Å². The number of carbonyl (C=O) groups excluding carboxylic acids is 2. The second-order valence-corrected chi connectivity index (χ2v) is 7.05. The molecule has 0 radical (unpaired) electrons. The average molecular weight is 389 g/mol. The smallest absolute Gasteiger partial charge is 0.269 e. The van der Waals surface area contributed by atoms with Crippen LogP contribution in [0.15, 0.2) is 41.8 Å². The summed E-state index contributed by atoms with van der Waals surface area (Å²) in [4.78, 5) is 39.2. The lowest BCUT2D eigenvalue weighted by atomic mass is 10.2. The fourth-order valence-corrected chi connectivity index (χ4v) is 3.53. The molecular weight excluding hydrogens is 370 g/mol. The summed E-state index contributed by atoms with van der Waals surface area (Å²) in [6.45, 7) is 3.50. The normalized spacial score (nSPS) is 15.3. The van der Waals surface area contributed by atoms with Gasteiger partial charge in [0.1, 0.15) is 5.75 Å². The number of hydrogen-bond acceptors (Lipinski definition) is 6. The van der Waals surface area contributed by atoms with E-state index >= 15 is 0 Å². The molecule has 0 N–H and O–H groups in total. The first-order valence-corrected chi connectivity index (χ1v) is 9.36. The third kappa shape index (κ3) is 4.43. The van der Waals surface area contributed by atoms with Gasteiger partial charge < -0.3 is 14.5 Å². The van der Waals surface area contributed by atoms with Crippen LogP contribution in [0.25, 0.3) is 0 Å². The maximum absolute atomic E-state index is 12.6. The molecule has 3 rings (SSSR count). The topological polar surface area (TPSA) is 93.0 Å². The van der Waals surface area contributed by atoms with Gasteiger partial charge in [0.05, 0.1) is 9.80 Å². The first-order valence-electron chi connectivity index (χ1n) is 8.48. The maximum Gasteiger partial charge on any atom is 0.269 e. The molecular formula is C18H19N3O5S. The number of thiophene rings is 1. The van der Waals surface area contributed by atoms with Crippen molar-refractivity contribution in [3.8, 4) is 5.75 Å². The molecule has 1 aliphatic heterocycles. The highest BCUT2D eigenvalue weighted by atomic mass is 32.1. The molecule has 0 saturated carbocycles. The summed E-state index contributed by atoms with van der Waals surface area (Å²) in [5.74, 6) is 0.219. The number of carbonyl (C=O) groups is 2. The number of piperazine rings is 1. The van der Waals surface area contributed by atoms with Crippen LogP contribution in [0, 0.1) is 10.1 Å². The predicted octanol–water partition coefficient (Wildman–Crippen LogP) is 2.41. The van der Waals surface area contributed by atoms with Gasteiger partial charge in [0, 0.05) is 38.3 Å². The monoisotopic (exact) mass is 389 g/mol. The molecule has 1 aromatic heterocycles. The van der Waals surface area contributed by atoms with E-state index in [9.17, 15) is 19.7 Å². The van der Waals surface area contributed by atoms with Gasteiger partial charge in [-0.1, -0.05) is 6.07 Å². The Hall–Kier alpha value is -2.94. The molecule has 1 aromatic carbocycles. The number of benzene rings is 1. The Bertz CT molecular complexity index is 814. The van der Waals surface area contributed by atoms with E-state index in [0.717, 1.165) is 0 Å². The van der Waals surface area contributed by atoms with Crippen LogP contribution < -0.4 is 4.74 Å². The lowest BCUT2D eigenvalue weighted by molar-refractivity contribution is -0.384. The number of nitrogens with zero attached hydrogens (tertiary/aromatic N) is 3. The molecule has 2 aromatic rings. The molecule has 27 heavy (non-hydrogen) atoms. The minimum absolute atomic E-state index is 0.00715. The summed E-state index contributed by atoms with van der Waals surface area (Å²) in [6, 6.07) is 9.25. The number of ether oxygens (including phenoxy) is 1. The minimum atomic E-state index is -0.717. The third-order valence-electron chi connectivity index (χ3n) is 4.32. The van der Waals surface area contributed by atoms with Crippen LogP contribution in [0.4, 0.5) is 5.69 Å². The van der Waals surface area contributed by atoms with Crippen molar-refractivity contribution in [2.45, 2.75) is 13.0 Å². The van der Waals surface area contributed by atoms with E-state index in [1.165, 1.54) is 35.6 Å². The van der Waals surface area contributed by atoms with Crippen LogP contribution in [0.2, 0.25) is 0 Å². The number of amides is 2. The highest BCUT2D eigenvalue weighted by Crippen LogP contribution is 2.19. The molecule has 0 spiro atoms. The Morgan fingerprint density at radius 1 is 1.11 bits per heavy atom.